The lowest BCUT2D eigenvalue weighted by atomic mass is 9.85. The molecule has 7 heteroatoms. The first-order chi connectivity index (χ1) is 14.3. The third-order valence-electron chi connectivity index (χ3n) is 5.31. The van der Waals surface area contributed by atoms with Crippen molar-refractivity contribution in [3.63, 3.8) is 0 Å². The molecule has 0 N–H and O–H groups in total. The summed E-state index contributed by atoms with van der Waals surface area (Å²) in [5, 5.41) is 0.979. The summed E-state index contributed by atoms with van der Waals surface area (Å²) >= 11 is 5.81. The van der Waals surface area contributed by atoms with Gasteiger partial charge in [0, 0.05) is 13.0 Å². The van der Waals surface area contributed by atoms with Crippen LogP contribution in [0.3, 0.4) is 0 Å². The van der Waals surface area contributed by atoms with Crippen LogP contribution >= 0.6 is 11.6 Å². The SMILES string of the molecule is Fc1ccc(C2(C(F)(F)F)CC(c3ccccc3)N(Cc3ccccc3)O2)cc1Cl. The Bertz CT molecular complexity index is 1010. The summed E-state index contributed by atoms with van der Waals surface area (Å²) in [5.74, 6) is -0.781. The summed E-state index contributed by atoms with van der Waals surface area (Å²) in [6, 6.07) is 20.4. The van der Waals surface area contributed by atoms with Crippen molar-refractivity contribution < 1.29 is 22.4 Å². The second-order valence-electron chi connectivity index (χ2n) is 7.24. The molecule has 1 saturated heterocycles. The normalized spacial score (nSPS) is 22.4. The number of benzene rings is 3. The highest BCUT2D eigenvalue weighted by Crippen LogP contribution is 2.55. The number of rotatable bonds is 4. The van der Waals surface area contributed by atoms with Crippen molar-refractivity contribution in [2.45, 2.75) is 30.8 Å². The monoisotopic (exact) mass is 435 g/mol. The maximum absolute atomic E-state index is 14.4. The van der Waals surface area contributed by atoms with E-state index in [1.165, 1.54) is 5.06 Å². The second kappa shape index (κ2) is 8.02. The summed E-state index contributed by atoms with van der Waals surface area (Å²) in [4.78, 5) is 5.69. The van der Waals surface area contributed by atoms with Crippen LogP contribution in [0.1, 0.15) is 29.2 Å². The van der Waals surface area contributed by atoms with Crippen molar-refractivity contribution in [1.82, 2.24) is 5.06 Å². The van der Waals surface area contributed by atoms with Crippen LogP contribution in [0.15, 0.2) is 78.9 Å². The third-order valence-corrected chi connectivity index (χ3v) is 5.60. The molecule has 0 saturated carbocycles. The Hall–Kier alpha value is -2.41. The molecule has 1 heterocycles. The molecule has 2 nitrogen and oxygen atoms in total. The van der Waals surface area contributed by atoms with Gasteiger partial charge in [-0.1, -0.05) is 78.3 Å². The maximum atomic E-state index is 14.4. The molecule has 1 aliphatic heterocycles. The fourth-order valence-electron chi connectivity index (χ4n) is 3.79. The Morgan fingerprint density at radius 1 is 0.967 bits per heavy atom. The van der Waals surface area contributed by atoms with Gasteiger partial charge in [0.25, 0.3) is 0 Å². The van der Waals surface area contributed by atoms with Crippen LogP contribution in [-0.4, -0.2) is 11.2 Å². The molecular weight excluding hydrogens is 418 g/mol. The van der Waals surface area contributed by atoms with Crippen molar-refractivity contribution >= 4 is 11.6 Å². The van der Waals surface area contributed by atoms with Gasteiger partial charge in [0.15, 0.2) is 0 Å². The van der Waals surface area contributed by atoms with E-state index in [9.17, 15) is 17.6 Å². The Morgan fingerprint density at radius 2 is 1.60 bits per heavy atom. The molecule has 0 radical (unpaired) electrons. The maximum Gasteiger partial charge on any atom is 0.423 e. The number of halogens is 5. The number of hydroxylamine groups is 2. The van der Waals surface area contributed by atoms with Gasteiger partial charge in [0.2, 0.25) is 5.60 Å². The minimum absolute atomic E-state index is 0.160. The molecule has 2 unspecified atom stereocenters. The average molecular weight is 436 g/mol. The van der Waals surface area contributed by atoms with Gasteiger partial charge in [-0.25, -0.2) is 4.39 Å². The van der Waals surface area contributed by atoms with Gasteiger partial charge >= 0.3 is 6.18 Å². The highest BCUT2D eigenvalue weighted by Gasteiger charge is 2.64. The van der Waals surface area contributed by atoms with Crippen LogP contribution in [0.4, 0.5) is 17.6 Å². The van der Waals surface area contributed by atoms with E-state index < -0.39 is 23.6 Å². The molecule has 30 heavy (non-hydrogen) atoms. The van der Waals surface area contributed by atoms with Gasteiger partial charge in [0.05, 0.1) is 11.1 Å². The van der Waals surface area contributed by atoms with E-state index in [4.69, 9.17) is 16.4 Å². The molecule has 0 spiro atoms. The highest BCUT2D eigenvalue weighted by atomic mass is 35.5. The zero-order valence-corrected chi connectivity index (χ0v) is 16.5. The van der Waals surface area contributed by atoms with E-state index in [0.717, 1.165) is 23.8 Å². The smallest absolute Gasteiger partial charge is 0.277 e. The topological polar surface area (TPSA) is 12.5 Å². The molecule has 156 valence electrons. The van der Waals surface area contributed by atoms with Gasteiger partial charge < -0.3 is 0 Å². The van der Waals surface area contributed by atoms with Crippen LogP contribution in [0, 0.1) is 5.82 Å². The largest absolute Gasteiger partial charge is 0.423 e. The number of nitrogens with zero attached hydrogens (tertiary/aromatic N) is 1. The van der Waals surface area contributed by atoms with Crippen LogP contribution in [0.25, 0.3) is 0 Å². The standard InChI is InChI=1S/C23H18ClF4NO/c24-19-13-18(11-12-20(19)25)22(23(26,27)28)14-21(17-9-5-2-6-10-17)29(30-22)15-16-7-3-1-4-8-16/h1-13,21H,14-15H2. The number of hydrogen-bond acceptors (Lipinski definition) is 2. The molecule has 3 aromatic carbocycles. The lowest BCUT2D eigenvalue weighted by molar-refractivity contribution is -0.330. The predicted molar refractivity (Wildman–Crippen MR) is 106 cm³/mol. The lowest BCUT2D eigenvalue weighted by Gasteiger charge is -2.31. The van der Waals surface area contributed by atoms with Gasteiger partial charge in [-0.3, -0.25) is 4.84 Å². The first-order valence-electron chi connectivity index (χ1n) is 9.37. The molecule has 4 rings (SSSR count). The molecule has 0 amide bonds. The van der Waals surface area contributed by atoms with Crippen LogP contribution in [0.2, 0.25) is 5.02 Å². The summed E-state index contributed by atoms with van der Waals surface area (Å²) in [6.07, 6.45) is -5.12. The van der Waals surface area contributed by atoms with E-state index in [1.54, 1.807) is 30.3 Å². The molecule has 0 aromatic heterocycles. The van der Waals surface area contributed by atoms with Crippen LogP contribution < -0.4 is 0 Å². The predicted octanol–water partition coefficient (Wildman–Crippen LogP) is 6.82. The quantitative estimate of drug-likeness (QED) is 0.417. The fourth-order valence-corrected chi connectivity index (χ4v) is 3.97. The molecule has 1 fully saturated rings. The van der Waals surface area contributed by atoms with E-state index >= 15 is 0 Å². The summed E-state index contributed by atoms with van der Waals surface area (Å²) in [5.41, 5.74) is -1.35. The van der Waals surface area contributed by atoms with Gasteiger partial charge in [0.1, 0.15) is 5.82 Å². The highest BCUT2D eigenvalue weighted by molar-refractivity contribution is 6.30. The van der Waals surface area contributed by atoms with Crippen molar-refractivity contribution in [2.24, 2.45) is 0 Å². The first kappa shape index (κ1) is 20.8. The van der Waals surface area contributed by atoms with Crippen LogP contribution in [-0.2, 0) is 17.0 Å². The molecule has 0 aliphatic carbocycles. The van der Waals surface area contributed by atoms with Gasteiger partial charge in [-0.15, -0.1) is 0 Å². The van der Waals surface area contributed by atoms with E-state index in [-0.39, 0.29) is 23.6 Å². The zero-order chi connectivity index (χ0) is 21.4. The summed E-state index contributed by atoms with van der Waals surface area (Å²) in [6.45, 7) is 0.160. The molecule has 3 aromatic rings. The molecular formula is C23H18ClF4NO. The molecule has 0 bridgehead atoms. The van der Waals surface area contributed by atoms with Crippen LogP contribution in [0.5, 0.6) is 0 Å². The Morgan fingerprint density at radius 3 is 2.20 bits per heavy atom. The van der Waals surface area contributed by atoms with Gasteiger partial charge in [-0.05, 0) is 28.8 Å². The molecule has 1 aliphatic rings. The lowest BCUT2D eigenvalue weighted by Crippen LogP contribution is -2.43. The minimum Gasteiger partial charge on any atom is -0.277 e. The first-order valence-corrected chi connectivity index (χ1v) is 9.75. The third kappa shape index (κ3) is 3.83. The van der Waals surface area contributed by atoms with E-state index in [1.807, 2.05) is 30.3 Å². The Balaban J connectivity index is 1.80. The van der Waals surface area contributed by atoms with Crippen molar-refractivity contribution in [3.8, 4) is 0 Å². The fraction of sp³-hybridized carbons (Fsp3) is 0.217. The average Bonchev–Trinajstić information content (AvgIpc) is 3.12. The van der Waals surface area contributed by atoms with Crippen molar-refractivity contribution in [3.05, 3.63) is 106 Å². The van der Waals surface area contributed by atoms with Crippen molar-refractivity contribution in [2.75, 3.05) is 0 Å². The van der Waals surface area contributed by atoms with Gasteiger partial charge in [-0.2, -0.15) is 18.2 Å². The second-order valence-corrected chi connectivity index (χ2v) is 7.64. The summed E-state index contributed by atoms with van der Waals surface area (Å²) < 4.78 is 57.0. The summed E-state index contributed by atoms with van der Waals surface area (Å²) in [7, 11) is 0. The zero-order valence-electron chi connectivity index (χ0n) is 15.7. The number of alkyl halides is 3. The Labute approximate surface area is 176 Å². The number of hydrogen-bond donors (Lipinski definition) is 0. The molecule has 2 atom stereocenters. The minimum atomic E-state index is -4.74. The van der Waals surface area contributed by atoms with E-state index in [0.29, 0.717) is 5.56 Å². The van der Waals surface area contributed by atoms with Crippen molar-refractivity contribution in [1.29, 1.82) is 0 Å². The Kier molecular flexibility index (Phi) is 5.57. The van der Waals surface area contributed by atoms with E-state index in [2.05, 4.69) is 0 Å².